The van der Waals surface area contributed by atoms with Gasteiger partial charge in [-0.15, -0.1) is 0 Å². The molecule has 27 heavy (non-hydrogen) atoms. The Morgan fingerprint density at radius 1 is 1.26 bits per heavy atom. The molecule has 7 heteroatoms. The Morgan fingerprint density at radius 2 is 2.11 bits per heavy atom. The molecule has 142 valence electrons. The zero-order valence-electron chi connectivity index (χ0n) is 15.3. The van der Waals surface area contributed by atoms with Crippen LogP contribution in [-0.4, -0.2) is 64.8 Å². The van der Waals surface area contributed by atoms with Crippen molar-refractivity contribution < 1.29 is 14.3 Å². The molecule has 3 heterocycles. The topological polar surface area (TPSA) is 78.5 Å². The van der Waals surface area contributed by atoms with Gasteiger partial charge in [0, 0.05) is 31.1 Å². The smallest absolute Gasteiger partial charge is 0.410 e. The Kier molecular flexibility index (Phi) is 5.09. The molecular formula is C20H24N4O3. The molecule has 2 saturated heterocycles. The van der Waals surface area contributed by atoms with Gasteiger partial charge in [-0.1, -0.05) is 30.3 Å². The molecule has 0 saturated carbocycles. The van der Waals surface area contributed by atoms with Crippen LogP contribution in [-0.2, 0) is 16.0 Å². The summed E-state index contributed by atoms with van der Waals surface area (Å²) in [7, 11) is 0. The molecule has 0 spiro atoms. The van der Waals surface area contributed by atoms with E-state index >= 15 is 0 Å². The number of ether oxygens (including phenoxy) is 1. The van der Waals surface area contributed by atoms with E-state index in [1.165, 1.54) is 16.0 Å². The van der Waals surface area contributed by atoms with Crippen molar-refractivity contribution in [3.8, 4) is 0 Å². The van der Waals surface area contributed by atoms with Crippen molar-refractivity contribution in [2.24, 2.45) is 0 Å². The van der Waals surface area contributed by atoms with E-state index in [0.29, 0.717) is 19.7 Å². The number of benzene rings is 1. The van der Waals surface area contributed by atoms with Gasteiger partial charge in [0.2, 0.25) is 5.91 Å². The first-order chi connectivity index (χ1) is 13.2. The molecule has 7 nitrogen and oxygen atoms in total. The van der Waals surface area contributed by atoms with Crippen molar-refractivity contribution in [2.75, 3.05) is 32.8 Å². The van der Waals surface area contributed by atoms with Crippen LogP contribution in [0, 0.1) is 0 Å². The van der Waals surface area contributed by atoms with E-state index in [1.807, 2.05) is 29.3 Å². The van der Waals surface area contributed by atoms with Crippen LogP contribution in [0.15, 0.2) is 36.5 Å². The number of hydrogen-bond donors (Lipinski definition) is 1. The Hall–Kier alpha value is -2.83. The first kappa shape index (κ1) is 17.6. The van der Waals surface area contributed by atoms with Gasteiger partial charge in [0.25, 0.3) is 0 Å². The van der Waals surface area contributed by atoms with Crippen molar-refractivity contribution in [1.82, 2.24) is 20.0 Å². The third-order valence-corrected chi connectivity index (χ3v) is 5.34. The fourth-order valence-electron chi connectivity index (χ4n) is 3.90. The number of hydrogen-bond acceptors (Lipinski definition) is 4. The number of nitrogens with one attached hydrogen (secondary N) is 1. The van der Waals surface area contributed by atoms with E-state index in [-0.39, 0.29) is 18.4 Å². The van der Waals surface area contributed by atoms with Gasteiger partial charge in [0.1, 0.15) is 13.2 Å². The van der Waals surface area contributed by atoms with Crippen LogP contribution in [0.5, 0.6) is 0 Å². The summed E-state index contributed by atoms with van der Waals surface area (Å²) in [6.07, 6.45) is 4.31. The van der Waals surface area contributed by atoms with Crippen molar-refractivity contribution in [3.63, 3.8) is 0 Å². The number of rotatable bonds is 5. The monoisotopic (exact) mass is 368 g/mol. The average molecular weight is 368 g/mol. The normalized spacial score (nSPS) is 20.0. The highest BCUT2D eigenvalue weighted by atomic mass is 16.6. The van der Waals surface area contributed by atoms with Crippen molar-refractivity contribution in [2.45, 2.75) is 25.2 Å². The molecule has 0 aliphatic carbocycles. The molecule has 2 aromatic rings. The summed E-state index contributed by atoms with van der Waals surface area (Å²) in [5, 5.41) is 7.42. The second-order valence-corrected chi connectivity index (χ2v) is 7.19. The van der Waals surface area contributed by atoms with Gasteiger partial charge in [-0.05, 0) is 24.0 Å². The first-order valence-electron chi connectivity index (χ1n) is 9.46. The van der Waals surface area contributed by atoms with E-state index in [2.05, 4.69) is 22.3 Å². The number of carbonyl (C=O) groups is 2. The number of amides is 2. The number of aromatic amines is 1. The summed E-state index contributed by atoms with van der Waals surface area (Å²) in [5.41, 5.74) is 3.55. The predicted molar refractivity (Wildman–Crippen MR) is 99.3 cm³/mol. The van der Waals surface area contributed by atoms with E-state index in [9.17, 15) is 9.59 Å². The highest BCUT2D eigenvalue weighted by Gasteiger charge is 2.30. The Morgan fingerprint density at radius 3 is 2.89 bits per heavy atom. The maximum absolute atomic E-state index is 12.6. The highest BCUT2D eigenvalue weighted by Crippen LogP contribution is 2.29. The molecule has 1 aromatic carbocycles. The van der Waals surface area contributed by atoms with Crippen molar-refractivity contribution in [3.05, 3.63) is 53.3 Å². The zero-order valence-corrected chi connectivity index (χ0v) is 15.3. The number of H-pyrrole nitrogens is 1. The lowest BCUT2D eigenvalue weighted by Crippen LogP contribution is -2.45. The van der Waals surface area contributed by atoms with E-state index in [1.54, 1.807) is 0 Å². The first-order valence-corrected chi connectivity index (χ1v) is 9.46. The van der Waals surface area contributed by atoms with Crippen molar-refractivity contribution >= 4 is 12.0 Å². The Labute approximate surface area is 158 Å². The number of carbonyl (C=O) groups excluding carboxylic acids is 2. The van der Waals surface area contributed by atoms with Crippen LogP contribution in [0.1, 0.15) is 35.6 Å². The molecule has 0 unspecified atom stereocenters. The second kappa shape index (κ2) is 7.82. The molecule has 2 amide bonds. The maximum Gasteiger partial charge on any atom is 0.410 e. The van der Waals surface area contributed by atoms with Crippen molar-refractivity contribution in [1.29, 1.82) is 0 Å². The lowest BCUT2D eigenvalue weighted by Gasteiger charge is -2.33. The summed E-state index contributed by atoms with van der Waals surface area (Å²) < 4.78 is 4.91. The van der Waals surface area contributed by atoms with Crippen LogP contribution in [0.25, 0.3) is 0 Å². The largest absolute Gasteiger partial charge is 0.448 e. The Balaban J connectivity index is 1.42. The number of aromatic nitrogens is 2. The number of likely N-dealkylation sites (tertiary alicyclic amines) is 1. The standard InChI is InChI=1S/C20H24N4O3/c25-18(14-24-9-10-27-20(24)26)23-8-4-7-16(13-23)19-17(12-21-22-19)11-15-5-2-1-3-6-15/h1-3,5-6,12,16H,4,7-11,13-14H2,(H,21,22)/t16-/m1/s1. The highest BCUT2D eigenvalue weighted by molar-refractivity contribution is 5.83. The Bertz CT molecular complexity index is 805. The van der Waals surface area contributed by atoms with Crippen LogP contribution in [0.3, 0.4) is 0 Å². The quantitative estimate of drug-likeness (QED) is 0.877. The van der Waals surface area contributed by atoms with Gasteiger partial charge in [0.05, 0.1) is 12.7 Å². The summed E-state index contributed by atoms with van der Waals surface area (Å²) in [5.74, 6) is 0.233. The summed E-state index contributed by atoms with van der Waals surface area (Å²) >= 11 is 0. The van der Waals surface area contributed by atoms with E-state index in [0.717, 1.165) is 31.5 Å². The van der Waals surface area contributed by atoms with Crippen LogP contribution in [0.2, 0.25) is 0 Å². The average Bonchev–Trinajstić information content (AvgIpc) is 3.32. The maximum atomic E-state index is 12.6. The predicted octanol–water partition coefficient (Wildman–Crippen LogP) is 2.16. The molecule has 1 N–H and O–H groups in total. The zero-order chi connectivity index (χ0) is 18.6. The van der Waals surface area contributed by atoms with Gasteiger partial charge >= 0.3 is 6.09 Å². The summed E-state index contributed by atoms with van der Waals surface area (Å²) in [4.78, 5) is 27.6. The van der Waals surface area contributed by atoms with E-state index in [4.69, 9.17) is 4.74 Å². The van der Waals surface area contributed by atoms with Gasteiger partial charge in [-0.3, -0.25) is 14.8 Å². The minimum Gasteiger partial charge on any atom is -0.448 e. The van der Waals surface area contributed by atoms with Gasteiger partial charge in [-0.25, -0.2) is 4.79 Å². The second-order valence-electron chi connectivity index (χ2n) is 7.19. The molecule has 1 aromatic heterocycles. The van der Waals surface area contributed by atoms with Crippen LogP contribution < -0.4 is 0 Å². The van der Waals surface area contributed by atoms with Crippen LogP contribution >= 0.6 is 0 Å². The summed E-state index contributed by atoms with van der Waals surface area (Å²) in [6.45, 7) is 2.35. The molecule has 0 radical (unpaired) electrons. The van der Waals surface area contributed by atoms with E-state index < -0.39 is 6.09 Å². The van der Waals surface area contributed by atoms with Gasteiger partial charge in [-0.2, -0.15) is 5.10 Å². The molecule has 4 rings (SSSR count). The molecule has 1 atom stereocenters. The fraction of sp³-hybridized carbons (Fsp3) is 0.450. The SMILES string of the molecule is O=C(CN1CCOC1=O)N1CCC[C@@H](c2[nH]ncc2Cc2ccccc2)C1. The number of nitrogens with zero attached hydrogens (tertiary/aromatic N) is 3. The molecule has 0 bridgehead atoms. The molecule has 2 aliphatic rings. The van der Waals surface area contributed by atoms with Gasteiger partial charge in [0.15, 0.2) is 0 Å². The minimum atomic E-state index is -0.393. The fourth-order valence-corrected chi connectivity index (χ4v) is 3.90. The third kappa shape index (κ3) is 3.97. The van der Waals surface area contributed by atoms with Gasteiger partial charge < -0.3 is 9.64 Å². The molecule has 2 fully saturated rings. The third-order valence-electron chi connectivity index (χ3n) is 5.34. The lowest BCUT2D eigenvalue weighted by molar-refractivity contribution is -0.132. The minimum absolute atomic E-state index is 0.0114. The number of cyclic esters (lactones) is 1. The lowest BCUT2D eigenvalue weighted by atomic mass is 9.91. The van der Waals surface area contributed by atoms with Crippen LogP contribution in [0.4, 0.5) is 4.79 Å². The molecule has 2 aliphatic heterocycles. The summed E-state index contributed by atoms with van der Waals surface area (Å²) in [6, 6.07) is 10.3. The number of piperidine rings is 1. The molecular weight excluding hydrogens is 344 g/mol.